The van der Waals surface area contributed by atoms with E-state index in [1.54, 1.807) is 13.8 Å². The fraction of sp³-hybridized carbons (Fsp3) is 0.882. The van der Waals surface area contributed by atoms with Gasteiger partial charge >= 0.3 is 0 Å². The predicted molar refractivity (Wildman–Crippen MR) is 88.8 cm³/mol. The summed E-state index contributed by atoms with van der Waals surface area (Å²) in [6, 6.07) is 0.128. The summed E-state index contributed by atoms with van der Waals surface area (Å²) in [7, 11) is 3.99. The van der Waals surface area contributed by atoms with Crippen LogP contribution in [0.1, 0.15) is 40.0 Å². The molecule has 2 N–H and O–H groups in total. The standard InChI is InChI=1S/C17H31N3O3/c1-12(10-19(4)5)18-15(22)17-6-7-20(11-13(17)8-17)14(21)9-16(2,3)23/h12-13,23H,6-11H2,1-5H3,(H,18,22). The molecule has 132 valence electrons. The summed E-state index contributed by atoms with van der Waals surface area (Å²) in [5.41, 5.74) is -1.24. The van der Waals surface area contributed by atoms with Gasteiger partial charge in [-0.25, -0.2) is 0 Å². The van der Waals surface area contributed by atoms with Crippen molar-refractivity contribution in [1.82, 2.24) is 15.1 Å². The Morgan fingerprint density at radius 1 is 1.43 bits per heavy atom. The van der Waals surface area contributed by atoms with Gasteiger partial charge in [-0.1, -0.05) is 0 Å². The van der Waals surface area contributed by atoms with E-state index in [-0.39, 0.29) is 35.6 Å². The molecule has 1 saturated carbocycles. The van der Waals surface area contributed by atoms with Crippen LogP contribution in [0.4, 0.5) is 0 Å². The van der Waals surface area contributed by atoms with Crippen molar-refractivity contribution in [2.24, 2.45) is 11.3 Å². The molecular formula is C17H31N3O3. The first-order valence-corrected chi connectivity index (χ1v) is 8.49. The average Bonchev–Trinajstić information content (AvgIpc) is 3.09. The second kappa shape index (κ2) is 6.40. The van der Waals surface area contributed by atoms with Crippen LogP contribution in [0.25, 0.3) is 0 Å². The minimum absolute atomic E-state index is 0.0145. The topological polar surface area (TPSA) is 72.9 Å². The Hall–Kier alpha value is -1.14. The Morgan fingerprint density at radius 3 is 2.61 bits per heavy atom. The van der Waals surface area contributed by atoms with Gasteiger partial charge in [-0.3, -0.25) is 9.59 Å². The molecule has 6 nitrogen and oxygen atoms in total. The molecule has 0 radical (unpaired) electrons. The molecule has 6 heteroatoms. The second-order valence-corrected chi connectivity index (χ2v) is 8.27. The highest BCUT2D eigenvalue weighted by atomic mass is 16.3. The number of hydrogen-bond acceptors (Lipinski definition) is 4. The molecule has 0 aromatic carbocycles. The lowest BCUT2D eigenvalue weighted by Gasteiger charge is -2.33. The molecule has 2 amide bonds. The lowest BCUT2D eigenvalue weighted by Crippen LogP contribution is -2.48. The van der Waals surface area contributed by atoms with Crippen molar-refractivity contribution in [3.05, 3.63) is 0 Å². The third-order valence-electron chi connectivity index (χ3n) is 4.91. The van der Waals surface area contributed by atoms with E-state index < -0.39 is 5.60 Å². The van der Waals surface area contributed by atoms with Gasteiger partial charge in [0.25, 0.3) is 0 Å². The van der Waals surface area contributed by atoms with Crippen molar-refractivity contribution < 1.29 is 14.7 Å². The number of aliphatic hydroxyl groups is 1. The van der Waals surface area contributed by atoms with Gasteiger partial charge in [-0.05, 0) is 53.6 Å². The van der Waals surface area contributed by atoms with Crippen molar-refractivity contribution in [3.63, 3.8) is 0 Å². The van der Waals surface area contributed by atoms with E-state index in [1.807, 2.05) is 25.9 Å². The number of likely N-dealkylation sites (tertiary alicyclic amines) is 1. The molecule has 3 atom stereocenters. The first kappa shape index (κ1) is 18.2. The highest BCUT2D eigenvalue weighted by Gasteiger charge is 2.62. The average molecular weight is 325 g/mol. The molecule has 0 aromatic heterocycles. The minimum Gasteiger partial charge on any atom is -0.390 e. The van der Waals surface area contributed by atoms with E-state index in [0.717, 1.165) is 19.4 Å². The lowest BCUT2D eigenvalue weighted by molar-refractivity contribution is -0.139. The summed E-state index contributed by atoms with van der Waals surface area (Å²) in [4.78, 5) is 28.7. The van der Waals surface area contributed by atoms with Crippen LogP contribution in [0.5, 0.6) is 0 Å². The van der Waals surface area contributed by atoms with Gasteiger partial charge < -0.3 is 20.2 Å². The van der Waals surface area contributed by atoms with E-state index in [1.165, 1.54) is 0 Å². The number of fused-ring (bicyclic) bond motifs is 1. The van der Waals surface area contributed by atoms with E-state index in [9.17, 15) is 14.7 Å². The monoisotopic (exact) mass is 325 g/mol. The molecule has 2 fully saturated rings. The Bertz CT molecular complexity index is 472. The summed E-state index contributed by atoms with van der Waals surface area (Å²) < 4.78 is 0. The van der Waals surface area contributed by atoms with Gasteiger partial charge in [0.1, 0.15) is 0 Å². The summed E-state index contributed by atoms with van der Waals surface area (Å²) in [6.07, 6.45) is 1.74. The van der Waals surface area contributed by atoms with Gasteiger partial charge in [0, 0.05) is 25.7 Å². The molecule has 1 aliphatic heterocycles. The molecule has 1 saturated heterocycles. The number of rotatable bonds is 6. The van der Waals surface area contributed by atoms with Gasteiger partial charge in [0.05, 0.1) is 17.4 Å². The molecule has 0 spiro atoms. The number of nitrogens with zero attached hydrogens (tertiary/aromatic N) is 2. The van der Waals surface area contributed by atoms with Crippen LogP contribution < -0.4 is 5.32 Å². The Kier molecular flexibility index (Phi) is 5.06. The number of carbonyl (C=O) groups excluding carboxylic acids is 2. The summed E-state index contributed by atoms with van der Waals surface area (Å²) in [6.45, 7) is 7.40. The first-order valence-electron chi connectivity index (χ1n) is 8.49. The number of likely N-dealkylation sites (N-methyl/N-ethyl adjacent to an activating group) is 1. The summed E-state index contributed by atoms with van der Waals surface area (Å²) in [5.74, 6) is 0.402. The molecule has 3 unspecified atom stereocenters. The highest BCUT2D eigenvalue weighted by molar-refractivity contribution is 5.87. The summed E-state index contributed by atoms with van der Waals surface area (Å²) >= 11 is 0. The SMILES string of the molecule is CC(CN(C)C)NC(=O)C12CCN(C(=O)CC(C)(C)O)CC1C2. The van der Waals surface area contributed by atoms with E-state index in [2.05, 4.69) is 10.2 Å². The third kappa shape index (κ3) is 4.44. The quantitative estimate of drug-likeness (QED) is 0.744. The molecule has 2 aliphatic rings. The Labute approximate surface area is 139 Å². The number of amides is 2. The second-order valence-electron chi connectivity index (χ2n) is 8.27. The van der Waals surface area contributed by atoms with Crippen LogP contribution >= 0.6 is 0 Å². The van der Waals surface area contributed by atoms with E-state index >= 15 is 0 Å². The van der Waals surface area contributed by atoms with Crippen LogP contribution in [-0.4, -0.2) is 72.1 Å². The number of carbonyl (C=O) groups is 2. The highest BCUT2D eigenvalue weighted by Crippen LogP contribution is 2.58. The molecular weight excluding hydrogens is 294 g/mol. The van der Waals surface area contributed by atoms with Crippen LogP contribution in [0.2, 0.25) is 0 Å². The zero-order chi connectivity index (χ0) is 17.4. The van der Waals surface area contributed by atoms with Gasteiger partial charge in [-0.15, -0.1) is 0 Å². The van der Waals surface area contributed by atoms with Crippen molar-refractivity contribution in [1.29, 1.82) is 0 Å². The Balaban J connectivity index is 1.86. The maximum absolute atomic E-state index is 12.6. The first-order chi connectivity index (χ1) is 10.5. The van der Waals surface area contributed by atoms with E-state index in [4.69, 9.17) is 0 Å². The smallest absolute Gasteiger partial charge is 0.226 e. The maximum atomic E-state index is 12.6. The molecule has 23 heavy (non-hydrogen) atoms. The van der Waals surface area contributed by atoms with Crippen LogP contribution in [0.15, 0.2) is 0 Å². The van der Waals surface area contributed by atoms with Crippen LogP contribution in [0, 0.1) is 11.3 Å². The number of nitrogens with one attached hydrogen (secondary N) is 1. The van der Waals surface area contributed by atoms with Gasteiger partial charge in [0.15, 0.2) is 0 Å². The molecule has 1 heterocycles. The fourth-order valence-electron chi connectivity index (χ4n) is 3.68. The normalized spacial score (nSPS) is 28.3. The maximum Gasteiger partial charge on any atom is 0.226 e. The molecule has 0 aromatic rings. The van der Waals surface area contributed by atoms with Crippen LogP contribution in [0.3, 0.4) is 0 Å². The zero-order valence-electron chi connectivity index (χ0n) is 15.1. The van der Waals surface area contributed by atoms with Crippen molar-refractivity contribution in [2.75, 3.05) is 33.7 Å². The van der Waals surface area contributed by atoms with Gasteiger partial charge in [-0.2, -0.15) is 0 Å². The Morgan fingerprint density at radius 2 is 2.09 bits per heavy atom. The van der Waals surface area contributed by atoms with Crippen molar-refractivity contribution >= 4 is 11.8 Å². The summed E-state index contributed by atoms with van der Waals surface area (Å²) in [5, 5.41) is 12.9. The number of hydrogen-bond donors (Lipinski definition) is 2. The fourth-order valence-corrected chi connectivity index (χ4v) is 3.68. The van der Waals surface area contributed by atoms with Crippen molar-refractivity contribution in [3.8, 4) is 0 Å². The third-order valence-corrected chi connectivity index (χ3v) is 4.91. The minimum atomic E-state index is -0.978. The van der Waals surface area contributed by atoms with E-state index in [0.29, 0.717) is 13.1 Å². The lowest BCUT2D eigenvalue weighted by atomic mass is 9.93. The molecule has 0 bridgehead atoms. The van der Waals surface area contributed by atoms with Crippen LogP contribution in [-0.2, 0) is 9.59 Å². The zero-order valence-corrected chi connectivity index (χ0v) is 15.1. The molecule has 1 aliphatic carbocycles. The largest absolute Gasteiger partial charge is 0.390 e. The van der Waals surface area contributed by atoms with Gasteiger partial charge in [0.2, 0.25) is 11.8 Å². The number of piperidine rings is 1. The molecule has 2 rings (SSSR count). The van der Waals surface area contributed by atoms with Crippen molar-refractivity contribution in [2.45, 2.75) is 51.7 Å². The predicted octanol–water partition coefficient (Wildman–Crippen LogP) is 0.452.